The second-order valence-corrected chi connectivity index (χ2v) is 5.62. The Kier molecular flexibility index (Phi) is 3.74. The average molecular weight is 333 g/mol. The van der Waals surface area contributed by atoms with Crippen LogP contribution in [0.2, 0.25) is 0 Å². The van der Waals surface area contributed by atoms with Crippen molar-refractivity contribution in [3.63, 3.8) is 0 Å². The summed E-state index contributed by atoms with van der Waals surface area (Å²) >= 11 is 0. The molecule has 0 atom stereocenters. The van der Waals surface area contributed by atoms with Crippen molar-refractivity contribution in [1.82, 2.24) is 0 Å². The Hall–Kier alpha value is -3.47. The van der Waals surface area contributed by atoms with Crippen LogP contribution in [0.3, 0.4) is 0 Å². The SMILES string of the molecule is O=C(Nc1cccc(-c2ccccc2)c1)c1cc2c(cc1O)OCO2. The number of nitrogens with one attached hydrogen (secondary N) is 1. The number of phenolic OH excluding ortho intramolecular Hbond substituents is 1. The van der Waals surface area contributed by atoms with Gasteiger partial charge in [-0.05, 0) is 23.3 Å². The lowest BCUT2D eigenvalue weighted by Crippen LogP contribution is -2.12. The third-order valence-corrected chi connectivity index (χ3v) is 3.96. The van der Waals surface area contributed by atoms with Gasteiger partial charge >= 0.3 is 0 Å². The maximum absolute atomic E-state index is 12.5. The highest BCUT2D eigenvalue weighted by atomic mass is 16.7. The van der Waals surface area contributed by atoms with E-state index >= 15 is 0 Å². The Balaban J connectivity index is 1.60. The average Bonchev–Trinajstić information content (AvgIpc) is 3.09. The third kappa shape index (κ3) is 2.99. The summed E-state index contributed by atoms with van der Waals surface area (Å²) in [7, 11) is 0. The number of rotatable bonds is 3. The van der Waals surface area contributed by atoms with Gasteiger partial charge in [0.1, 0.15) is 5.75 Å². The maximum Gasteiger partial charge on any atom is 0.259 e. The summed E-state index contributed by atoms with van der Waals surface area (Å²) in [4.78, 5) is 12.5. The molecular formula is C20H15NO4. The second-order valence-electron chi connectivity index (χ2n) is 5.62. The van der Waals surface area contributed by atoms with Crippen LogP contribution < -0.4 is 14.8 Å². The van der Waals surface area contributed by atoms with Crippen molar-refractivity contribution < 1.29 is 19.4 Å². The van der Waals surface area contributed by atoms with E-state index < -0.39 is 5.91 Å². The summed E-state index contributed by atoms with van der Waals surface area (Å²) in [6, 6.07) is 20.3. The molecule has 1 heterocycles. The van der Waals surface area contributed by atoms with E-state index in [1.165, 1.54) is 12.1 Å². The van der Waals surface area contributed by atoms with Crippen LogP contribution in [-0.4, -0.2) is 17.8 Å². The molecule has 1 amide bonds. The largest absolute Gasteiger partial charge is 0.507 e. The highest BCUT2D eigenvalue weighted by Crippen LogP contribution is 2.37. The number of ether oxygens (including phenoxy) is 2. The summed E-state index contributed by atoms with van der Waals surface area (Å²) in [5.74, 6) is 0.308. The van der Waals surface area contributed by atoms with Crippen molar-refractivity contribution in [2.75, 3.05) is 12.1 Å². The predicted molar refractivity (Wildman–Crippen MR) is 94.1 cm³/mol. The predicted octanol–water partition coefficient (Wildman–Crippen LogP) is 4.04. The molecule has 1 aliphatic rings. The fourth-order valence-corrected chi connectivity index (χ4v) is 2.72. The standard InChI is InChI=1S/C20H15NO4/c22-17-11-19-18(24-12-25-19)10-16(17)20(23)21-15-8-4-7-14(9-15)13-5-2-1-3-6-13/h1-11,22H,12H2,(H,21,23). The van der Waals surface area contributed by atoms with Crippen LogP contribution >= 0.6 is 0 Å². The van der Waals surface area contributed by atoms with Gasteiger partial charge in [0.15, 0.2) is 11.5 Å². The minimum Gasteiger partial charge on any atom is -0.507 e. The van der Waals surface area contributed by atoms with Gasteiger partial charge in [0.25, 0.3) is 5.91 Å². The zero-order valence-electron chi connectivity index (χ0n) is 13.2. The third-order valence-electron chi connectivity index (χ3n) is 3.96. The van der Waals surface area contributed by atoms with Crippen LogP contribution in [0.1, 0.15) is 10.4 Å². The van der Waals surface area contributed by atoms with Crippen LogP contribution in [0, 0.1) is 0 Å². The lowest BCUT2D eigenvalue weighted by atomic mass is 10.1. The van der Waals surface area contributed by atoms with Crippen molar-refractivity contribution in [2.24, 2.45) is 0 Å². The molecule has 1 aliphatic heterocycles. The van der Waals surface area contributed by atoms with E-state index in [4.69, 9.17) is 9.47 Å². The van der Waals surface area contributed by atoms with Crippen molar-refractivity contribution in [1.29, 1.82) is 0 Å². The molecule has 5 nitrogen and oxygen atoms in total. The van der Waals surface area contributed by atoms with Crippen molar-refractivity contribution in [3.8, 4) is 28.4 Å². The van der Waals surface area contributed by atoms with Gasteiger partial charge < -0.3 is 19.9 Å². The molecule has 4 rings (SSSR count). The van der Waals surface area contributed by atoms with Gasteiger partial charge in [-0.15, -0.1) is 0 Å². The van der Waals surface area contributed by atoms with Gasteiger partial charge in [0.05, 0.1) is 5.56 Å². The topological polar surface area (TPSA) is 67.8 Å². The molecule has 124 valence electrons. The number of carbonyl (C=O) groups excluding carboxylic acids is 1. The van der Waals surface area contributed by atoms with Crippen LogP contribution in [0.15, 0.2) is 66.7 Å². The van der Waals surface area contributed by atoms with Gasteiger partial charge in [-0.3, -0.25) is 4.79 Å². The fourth-order valence-electron chi connectivity index (χ4n) is 2.72. The Morgan fingerprint density at radius 1 is 0.880 bits per heavy atom. The van der Waals surface area contributed by atoms with Gasteiger partial charge in [-0.2, -0.15) is 0 Å². The molecule has 0 unspecified atom stereocenters. The van der Waals surface area contributed by atoms with E-state index in [9.17, 15) is 9.90 Å². The summed E-state index contributed by atoms with van der Waals surface area (Å²) in [5, 5.41) is 12.9. The van der Waals surface area contributed by atoms with Crippen molar-refractivity contribution >= 4 is 11.6 Å². The number of carbonyl (C=O) groups is 1. The first kappa shape index (κ1) is 15.1. The lowest BCUT2D eigenvalue weighted by molar-refractivity contribution is 0.102. The Bertz CT molecular complexity index is 938. The molecule has 2 N–H and O–H groups in total. The quantitative estimate of drug-likeness (QED) is 0.759. The molecule has 0 saturated carbocycles. The molecule has 25 heavy (non-hydrogen) atoms. The highest BCUT2D eigenvalue weighted by molar-refractivity contribution is 6.06. The van der Waals surface area contributed by atoms with Crippen LogP contribution in [0.5, 0.6) is 17.2 Å². The Morgan fingerprint density at radius 3 is 2.40 bits per heavy atom. The van der Waals surface area contributed by atoms with Crippen molar-refractivity contribution in [2.45, 2.75) is 0 Å². The number of amides is 1. The van der Waals surface area contributed by atoms with E-state index in [0.717, 1.165) is 11.1 Å². The molecular weight excluding hydrogens is 318 g/mol. The second kappa shape index (κ2) is 6.20. The van der Waals surface area contributed by atoms with E-state index in [-0.39, 0.29) is 18.1 Å². The number of hydrogen-bond acceptors (Lipinski definition) is 4. The van der Waals surface area contributed by atoms with E-state index in [2.05, 4.69) is 5.32 Å². The van der Waals surface area contributed by atoms with Gasteiger partial charge in [-0.25, -0.2) is 0 Å². The molecule has 0 bridgehead atoms. The smallest absolute Gasteiger partial charge is 0.259 e. The van der Waals surface area contributed by atoms with Gasteiger partial charge in [-0.1, -0.05) is 42.5 Å². The normalized spacial score (nSPS) is 12.0. The summed E-state index contributed by atoms with van der Waals surface area (Å²) in [6.45, 7) is 0.0823. The summed E-state index contributed by atoms with van der Waals surface area (Å²) < 4.78 is 10.4. The number of hydrogen-bond donors (Lipinski definition) is 2. The van der Waals surface area contributed by atoms with Gasteiger partial charge in [0.2, 0.25) is 6.79 Å². The van der Waals surface area contributed by atoms with E-state index in [0.29, 0.717) is 17.2 Å². The molecule has 0 radical (unpaired) electrons. The van der Waals surface area contributed by atoms with Crippen LogP contribution in [-0.2, 0) is 0 Å². The Morgan fingerprint density at radius 2 is 1.60 bits per heavy atom. The molecule has 5 heteroatoms. The number of anilines is 1. The molecule has 3 aromatic rings. The molecule has 0 saturated heterocycles. The zero-order chi connectivity index (χ0) is 17.2. The minimum absolute atomic E-state index is 0.0823. The first-order valence-electron chi connectivity index (χ1n) is 7.80. The van der Waals surface area contributed by atoms with E-state index in [1.807, 2.05) is 48.5 Å². The molecule has 0 fully saturated rings. The summed E-state index contributed by atoms with van der Waals surface area (Å²) in [5.41, 5.74) is 2.83. The lowest BCUT2D eigenvalue weighted by Gasteiger charge is -2.09. The van der Waals surface area contributed by atoms with Gasteiger partial charge in [0, 0.05) is 17.8 Å². The first-order valence-corrected chi connectivity index (χ1v) is 7.80. The maximum atomic E-state index is 12.5. The fraction of sp³-hybridized carbons (Fsp3) is 0.0500. The minimum atomic E-state index is -0.416. The molecule has 0 aromatic heterocycles. The zero-order valence-corrected chi connectivity index (χ0v) is 13.2. The summed E-state index contributed by atoms with van der Waals surface area (Å²) in [6.07, 6.45) is 0. The first-order chi connectivity index (χ1) is 12.2. The van der Waals surface area contributed by atoms with E-state index in [1.54, 1.807) is 6.07 Å². The Labute approximate surface area is 144 Å². The molecule has 0 aliphatic carbocycles. The number of aromatic hydroxyl groups is 1. The number of phenols is 1. The molecule has 3 aromatic carbocycles. The monoisotopic (exact) mass is 333 g/mol. The van der Waals surface area contributed by atoms with Crippen LogP contribution in [0.25, 0.3) is 11.1 Å². The highest BCUT2D eigenvalue weighted by Gasteiger charge is 2.20. The van der Waals surface area contributed by atoms with Crippen molar-refractivity contribution in [3.05, 3.63) is 72.3 Å². The number of fused-ring (bicyclic) bond motifs is 1. The molecule has 0 spiro atoms. The van der Waals surface area contributed by atoms with Crippen LogP contribution in [0.4, 0.5) is 5.69 Å². The number of benzene rings is 3.